The average molecular weight is 345 g/mol. The van der Waals surface area contributed by atoms with Gasteiger partial charge in [-0.3, -0.25) is 0 Å². The molecule has 0 unspecified atom stereocenters. The molecule has 1 aromatic heterocycles. The van der Waals surface area contributed by atoms with Crippen molar-refractivity contribution in [1.29, 1.82) is 0 Å². The van der Waals surface area contributed by atoms with Crippen LogP contribution < -0.4 is 0 Å². The van der Waals surface area contributed by atoms with E-state index in [0.29, 0.717) is 12.1 Å². The minimum absolute atomic E-state index is 0.181. The van der Waals surface area contributed by atoms with E-state index >= 15 is 0 Å². The fraction of sp³-hybridized carbons (Fsp3) is 0.118. The Morgan fingerprint density at radius 1 is 1.10 bits per heavy atom. The van der Waals surface area contributed by atoms with Crippen molar-refractivity contribution < 1.29 is 4.39 Å². The molecule has 3 rings (SSSR count). The minimum Gasteiger partial charge on any atom is -0.330 e. The predicted molar refractivity (Wildman–Crippen MR) is 84.7 cm³/mol. The molecule has 4 heteroatoms. The van der Waals surface area contributed by atoms with Gasteiger partial charge < -0.3 is 4.57 Å². The molecule has 0 aliphatic rings. The van der Waals surface area contributed by atoms with E-state index in [2.05, 4.69) is 33.0 Å². The van der Waals surface area contributed by atoms with Gasteiger partial charge in [0.2, 0.25) is 0 Å². The Morgan fingerprint density at radius 3 is 2.76 bits per heavy atom. The first-order chi connectivity index (χ1) is 10.2. The second-order valence-corrected chi connectivity index (χ2v) is 5.79. The highest BCUT2D eigenvalue weighted by molar-refractivity contribution is 9.10. The molecule has 0 radical (unpaired) electrons. The van der Waals surface area contributed by atoms with E-state index in [-0.39, 0.29) is 5.82 Å². The summed E-state index contributed by atoms with van der Waals surface area (Å²) in [7, 11) is 0. The molecule has 106 valence electrons. The molecule has 2 aromatic carbocycles. The van der Waals surface area contributed by atoms with E-state index in [1.165, 1.54) is 11.6 Å². The highest BCUT2D eigenvalue weighted by Crippen LogP contribution is 2.16. The van der Waals surface area contributed by atoms with Crippen LogP contribution in [0.4, 0.5) is 4.39 Å². The lowest BCUT2D eigenvalue weighted by Gasteiger charge is -2.09. The second-order valence-electron chi connectivity index (χ2n) is 4.87. The van der Waals surface area contributed by atoms with E-state index < -0.39 is 0 Å². The maximum atomic E-state index is 13.8. The molecule has 0 saturated carbocycles. The molecule has 0 bridgehead atoms. The maximum absolute atomic E-state index is 13.8. The van der Waals surface area contributed by atoms with Gasteiger partial charge in [0, 0.05) is 28.9 Å². The fourth-order valence-electron chi connectivity index (χ4n) is 2.29. The van der Waals surface area contributed by atoms with Gasteiger partial charge in [-0.1, -0.05) is 46.3 Å². The molecule has 0 amide bonds. The number of hydrogen-bond acceptors (Lipinski definition) is 1. The third kappa shape index (κ3) is 3.39. The number of hydrogen-bond donors (Lipinski definition) is 0. The lowest BCUT2D eigenvalue weighted by Crippen LogP contribution is -2.06. The van der Waals surface area contributed by atoms with Gasteiger partial charge in [-0.05, 0) is 23.8 Å². The molecule has 2 nitrogen and oxygen atoms in total. The number of rotatable bonds is 4. The topological polar surface area (TPSA) is 17.8 Å². The Balaban J connectivity index is 1.83. The zero-order valence-corrected chi connectivity index (χ0v) is 12.9. The fourth-order valence-corrected chi connectivity index (χ4v) is 2.74. The summed E-state index contributed by atoms with van der Waals surface area (Å²) >= 11 is 3.47. The van der Waals surface area contributed by atoms with E-state index in [9.17, 15) is 4.39 Å². The average Bonchev–Trinajstić information content (AvgIpc) is 2.89. The smallest absolute Gasteiger partial charge is 0.128 e. The summed E-state index contributed by atoms with van der Waals surface area (Å²) in [6.45, 7) is 0.496. The highest BCUT2D eigenvalue weighted by atomic mass is 79.9. The summed E-state index contributed by atoms with van der Waals surface area (Å²) < 4.78 is 16.8. The van der Waals surface area contributed by atoms with Gasteiger partial charge in [-0.2, -0.15) is 0 Å². The third-order valence-electron chi connectivity index (χ3n) is 3.35. The molecular weight excluding hydrogens is 331 g/mol. The third-order valence-corrected chi connectivity index (χ3v) is 3.84. The summed E-state index contributed by atoms with van der Waals surface area (Å²) in [6.07, 6.45) is 4.37. The summed E-state index contributed by atoms with van der Waals surface area (Å²) in [6, 6.07) is 15.0. The first kappa shape index (κ1) is 14.0. The van der Waals surface area contributed by atoms with Crippen LogP contribution in [0.2, 0.25) is 0 Å². The van der Waals surface area contributed by atoms with Crippen molar-refractivity contribution in [3.05, 3.63) is 88.2 Å². The number of imidazole rings is 1. The lowest BCUT2D eigenvalue weighted by molar-refractivity contribution is 0.595. The van der Waals surface area contributed by atoms with Crippen LogP contribution >= 0.6 is 15.9 Å². The van der Waals surface area contributed by atoms with Crippen molar-refractivity contribution in [2.75, 3.05) is 0 Å². The van der Waals surface area contributed by atoms with Crippen molar-refractivity contribution in [1.82, 2.24) is 9.55 Å². The van der Waals surface area contributed by atoms with Gasteiger partial charge in [-0.15, -0.1) is 0 Å². The Kier molecular flexibility index (Phi) is 4.15. The normalized spacial score (nSPS) is 10.8. The summed E-state index contributed by atoms with van der Waals surface area (Å²) in [5.41, 5.74) is 1.84. The van der Waals surface area contributed by atoms with Gasteiger partial charge in [0.15, 0.2) is 0 Å². The van der Waals surface area contributed by atoms with Gasteiger partial charge in [0.25, 0.3) is 0 Å². The van der Waals surface area contributed by atoms with E-state index in [0.717, 1.165) is 16.7 Å². The first-order valence-corrected chi connectivity index (χ1v) is 7.49. The highest BCUT2D eigenvalue weighted by Gasteiger charge is 2.07. The maximum Gasteiger partial charge on any atom is 0.128 e. The Bertz CT molecular complexity index is 752. The molecule has 0 atom stereocenters. The molecule has 0 aliphatic heterocycles. The van der Waals surface area contributed by atoms with Gasteiger partial charge in [0.05, 0.1) is 6.54 Å². The van der Waals surface area contributed by atoms with Crippen LogP contribution in [0.25, 0.3) is 0 Å². The largest absolute Gasteiger partial charge is 0.330 e. The Labute approximate surface area is 131 Å². The van der Waals surface area contributed by atoms with E-state index in [4.69, 9.17) is 0 Å². The van der Waals surface area contributed by atoms with Crippen molar-refractivity contribution in [2.24, 2.45) is 0 Å². The summed E-state index contributed by atoms with van der Waals surface area (Å²) in [5.74, 6) is 0.746. The summed E-state index contributed by atoms with van der Waals surface area (Å²) in [4.78, 5) is 4.39. The SMILES string of the molecule is Fc1ccccc1Cn1ccnc1Cc1cccc(Br)c1. The van der Waals surface area contributed by atoms with E-state index in [1.807, 2.05) is 29.0 Å². The molecule has 0 spiro atoms. The summed E-state index contributed by atoms with van der Waals surface area (Å²) in [5, 5.41) is 0. The molecule has 0 N–H and O–H groups in total. The van der Waals surface area contributed by atoms with Crippen LogP contribution in [0, 0.1) is 5.82 Å². The monoisotopic (exact) mass is 344 g/mol. The lowest BCUT2D eigenvalue weighted by atomic mass is 10.1. The van der Waals surface area contributed by atoms with Crippen LogP contribution in [0.3, 0.4) is 0 Å². The number of nitrogens with zero attached hydrogens (tertiary/aromatic N) is 2. The standard InChI is InChI=1S/C17H14BrFN2/c18-15-6-3-4-13(10-15)11-17-20-8-9-21(17)12-14-5-1-2-7-16(14)19/h1-10H,11-12H2. The van der Waals surface area contributed by atoms with E-state index in [1.54, 1.807) is 18.3 Å². The molecular formula is C17H14BrFN2. The van der Waals surface area contributed by atoms with Crippen LogP contribution in [0.15, 0.2) is 65.4 Å². The number of benzene rings is 2. The Hall–Kier alpha value is -1.94. The van der Waals surface area contributed by atoms with Crippen LogP contribution in [0.5, 0.6) is 0 Å². The van der Waals surface area contributed by atoms with Gasteiger partial charge >= 0.3 is 0 Å². The zero-order valence-electron chi connectivity index (χ0n) is 11.3. The van der Waals surface area contributed by atoms with Gasteiger partial charge in [-0.25, -0.2) is 9.37 Å². The van der Waals surface area contributed by atoms with Crippen molar-refractivity contribution in [3.8, 4) is 0 Å². The molecule has 0 saturated heterocycles. The quantitative estimate of drug-likeness (QED) is 0.684. The molecule has 21 heavy (non-hydrogen) atoms. The first-order valence-electron chi connectivity index (χ1n) is 6.70. The zero-order chi connectivity index (χ0) is 14.7. The van der Waals surface area contributed by atoms with Crippen LogP contribution in [-0.2, 0) is 13.0 Å². The van der Waals surface area contributed by atoms with Crippen molar-refractivity contribution in [3.63, 3.8) is 0 Å². The minimum atomic E-state index is -0.181. The van der Waals surface area contributed by atoms with Crippen LogP contribution in [0.1, 0.15) is 17.0 Å². The molecule has 1 heterocycles. The van der Waals surface area contributed by atoms with Crippen LogP contribution in [-0.4, -0.2) is 9.55 Å². The number of halogens is 2. The Morgan fingerprint density at radius 2 is 1.95 bits per heavy atom. The second kappa shape index (κ2) is 6.22. The van der Waals surface area contributed by atoms with Gasteiger partial charge in [0.1, 0.15) is 11.6 Å². The molecule has 3 aromatic rings. The molecule has 0 fully saturated rings. The molecule has 0 aliphatic carbocycles. The predicted octanol–water partition coefficient (Wildman–Crippen LogP) is 4.42. The number of aromatic nitrogens is 2. The van der Waals surface area contributed by atoms with Crippen molar-refractivity contribution in [2.45, 2.75) is 13.0 Å². The van der Waals surface area contributed by atoms with Crippen molar-refractivity contribution >= 4 is 15.9 Å².